The van der Waals surface area contributed by atoms with Crippen LogP contribution in [0.15, 0.2) is 48.5 Å². The number of carbonyl (C=O) groups is 2. The minimum absolute atomic E-state index is 0.0315. The highest BCUT2D eigenvalue weighted by Gasteiger charge is 2.35. The van der Waals surface area contributed by atoms with Gasteiger partial charge in [0, 0.05) is 24.3 Å². The molecule has 1 saturated heterocycles. The lowest BCUT2D eigenvalue weighted by molar-refractivity contribution is -0.124. The zero-order chi connectivity index (χ0) is 18.0. The minimum Gasteiger partial charge on any atom is -0.325 e. The van der Waals surface area contributed by atoms with Crippen molar-refractivity contribution in [2.24, 2.45) is 0 Å². The Morgan fingerprint density at radius 3 is 2.28 bits per heavy atom. The lowest BCUT2D eigenvalue weighted by Crippen LogP contribution is -2.57. The minimum atomic E-state index is -0.464. The van der Waals surface area contributed by atoms with Crippen LogP contribution in [0.5, 0.6) is 0 Å². The van der Waals surface area contributed by atoms with Gasteiger partial charge in [-0.2, -0.15) is 0 Å². The number of rotatable bonds is 3. The third-order valence-electron chi connectivity index (χ3n) is 4.87. The second-order valence-electron chi connectivity index (χ2n) is 6.55. The first-order chi connectivity index (χ1) is 12.0. The SMILES string of the molecule is CCc1ccc(N2CCN(C(=O)c3ccc(C)cc3)C(C)C2=O)cc1. The van der Waals surface area contributed by atoms with Gasteiger partial charge in [0.05, 0.1) is 0 Å². The van der Waals surface area contributed by atoms with Crippen LogP contribution >= 0.6 is 0 Å². The second-order valence-corrected chi connectivity index (χ2v) is 6.55. The molecule has 4 heteroatoms. The summed E-state index contributed by atoms with van der Waals surface area (Å²) in [5, 5.41) is 0. The van der Waals surface area contributed by atoms with E-state index in [0.717, 1.165) is 17.7 Å². The molecule has 0 aromatic heterocycles. The Hall–Kier alpha value is -2.62. The summed E-state index contributed by atoms with van der Waals surface area (Å²) in [5.74, 6) is -0.113. The molecule has 0 saturated carbocycles. The smallest absolute Gasteiger partial charge is 0.254 e. The lowest BCUT2D eigenvalue weighted by Gasteiger charge is -2.39. The number of hydrogen-bond donors (Lipinski definition) is 0. The van der Waals surface area contributed by atoms with Crippen LogP contribution in [-0.2, 0) is 11.2 Å². The summed E-state index contributed by atoms with van der Waals surface area (Å²) in [6, 6.07) is 15.1. The van der Waals surface area contributed by atoms with E-state index in [1.165, 1.54) is 5.56 Å². The van der Waals surface area contributed by atoms with Crippen molar-refractivity contribution in [2.45, 2.75) is 33.2 Å². The van der Waals surface area contributed by atoms with Gasteiger partial charge in [0.15, 0.2) is 0 Å². The number of hydrogen-bond acceptors (Lipinski definition) is 2. The molecule has 1 aliphatic heterocycles. The van der Waals surface area contributed by atoms with Crippen molar-refractivity contribution in [3.05, 3.63) is 65.2 Å². The molecule has 3 rings (SSSR count). The summed E-state index contributed by atoms with van der Waals surface area (Å²) in [4.78, 5) is 29.0. The van der Waals surface area contributed by atoms with E-state index < -0.39 is 6.04 Å². The molecule has 4 nitrogen and oxygen atoms in total. The number of anilines is 1. The Kier molecular flexibility index (Phi) is 4.88. The molecule has 1 unspecified atom stereocenters. The van der Waals surface area contributed by atoms with E-state index in [1.54, 1.807) is 16.7 Å². The molecule has 0 radical (unpaired) electrons. The van der Waals surface area contributed by atoms with Crippen LogP contribution in [-0.4, -0.2) is 35.8 Å². The van der Waals surface area contributed by atoms with Gasteiger partial charge >= 0.3 is 0 Å². The van der Waals surface area contributed by atoms with E-state index in [1.807, 2.05) is 43.3 Å². The predicted octanol–water partition coefficient (Wildman–Crippen LogP) is 3.43. The number of amides is 2. The topological polar surface area (TPSA) is 40.6 Å². The molecular weight excluding hydrogens is 312 g/mol. The molecule has 0 bridgehead atoms. The third-order valence-corrected chi connectivity index (χ3v) is 4.87. The monoisotopic (exact) mass is 336 g/mol. The standard InChI is InChI=1S/C21H24N2O2/c1-4-17-7-11-19(12-8-17)23-14-13-22(16(3)20(23)24)21(25)18-9-5-15(2)6-10-18/h5-12,16H,4,13-14H2,1-3H3. The first-order valence-electron chi connectivity index (χ1n) is 8.79. The van der Waals surface area contributed by atoms with E-state index in [4.69, 9.17) is 0 Å². The third kappa shape index (κ3) is 3.43. The summed E-state index contributed by atoms with van der Waals surface area (Å²) in [6.45, 7) is 6.96. The van der Waals surface area contributed by atoms with Crippen molar-refractivity contribution in [3.8, 4) is 0 Å². The van der Waals surface area contributed by atoms with Gasteiger partial charge in [-0.05, 0) is 50.1 Å². The number of aryl methyl sites for hydroxylation is 2. The predicted molar refractivity (Wildman–Crippen MR) is 99.9 cm³/mol. The highest BCUT2D eigenvalue weighted by atomic mass is 16.2. The van der Waals surface area contributed by atoms with Crippen molar-refractivity contribution in [2.75, 3.05) is 18.0 Å². The summed E-state index contributed by atoms with van der Waals surface area (Å²) in [7, 11) is 0. The van der Waals surface area contributed by atoms with Gasteiger partial charge in [-0.15, -0.1) is 0 Å². The van der Waals surface area contributed by atoms with Gasteiger partial charge in [0.1, 0.15) is 6.04 Å². The van der Waals surface area contributed by atoms with Gasteiger partial charge in [-0.25, -0.2) is 0 Å². The Bertz CT molecular complexity index is 765. The van der Waals surface area contributed by atoms with Crippen LogP contribution < -0.4 is 4.90 Å². The van der Waals surface area contributed by atoms with Crippen molar-refractivity contribution < 1.29 is 9.59 Å². The normalized spacial score (nSPS) is 17.7. The quantitative estimate of drug-likeness (QED) is 0.861. The molecule has 0 spiro atoms. The first-order valence-corrected chi connectivity index (χ1v) is 8.79. The molecule has 1 heterocycles. The van der Waals surface area contributed by atoms with Crippen LogP contribution in [0, 0.1) is 6.92 Å². The van der Waals surface area contributed by atoms with Gasteiger partial charge in [-0.3, -0.25) is 9.59 Å². The molecule has 2 amide bonds. The van der Waals surface area contributed by atoms with Crippen molar-refractivity contribution in [1.82, 2.24) is 4.90 Å². The van der Waals surface area contributed by atoms with E-state index in [9.17, 15) is 9.59 Å². The fourth-order valence-electron chi connectivity index (χ4n) is 3.18. The highest BCUT2D eigenvalue weighted by Crippen LogP contribution is 2.22. The Morgan fingerprint density at radius 1 is 1.04 bits per heavy atom. The summed E-state index contributed by atoms with van der Waals surface area (Å²) < 4.78 is 0. The maximum absolute atomic E-state index is 12.8. The maximum Gasteiger partial charge on any atom is 0.254 e. The molecule has 1 atom stereocenters. The van der Waals surface area contributed by atoms with Crippen LogP contribution in [0.1, 0.15) is 35.3 Å². The average molecular weight is 336 g/mol. The fourth-order valence-corrected chi connectivity index (χ4v) is 3.18. The van der Waals surface area contributed by atoms with Crippen LogP contribution in [0.2, 0.25) is 0 Å². The van der Waals surface area contributed by atoms with Gasteiger partial charge < -0.3 is 9.80 Å². The van der Waals surface area contributed by atoms with Crippen molar-refractivity contribution >= 4 is 17.5 Å². The van der Waals surface area contributed by atoms with Crippen LogP contribution in [0.3, 0.4) is 0 Å². The van der Waals surface area contributed by atoms with E-state index in [-0.39, 0.29) is 11.8 Å². The fraction of sp³-hybridized carbons (Fsp3) is 0.333. The number of piperazine rings is 1. The van der Waals surface area contributed by atoms with Gasteiger partial charge in [0.25, 0.3) is 5.91 Å². The number of carbonyl (C=O) groups excluding carboxylic acids is 2. The molecule has 1 fully saturated rings. The molecule has 1 aliphatic rings. The Labute approximate surface area is 149 Å². The summed E-state index contributed by atoms with van der Waals surface area (Å²) >= 11 is 0. The second kappa shape index (κ2) is 7.09. The Morgan fingerprint density at radius 2 is 1.68 bits per heavy atom. The van der Waals surface area contributed by atoms with E-state index >= 15 is 0 Å². The molecular formula is C21H24N2O2. The zero-order valence-corrected chi connectivity index (χ0v) is 15.0. The molecule has 0 aliphatic carbocycles. The molecule has 25 heavy (non-hydrogen) atoms. The first kappa shape index (κ1) is 17.2. The summed E-state index contributed by atoms with van der Waals surface area (Å²) in [5.41, 5.74) is 3.89. The highest BCUT2D eigenvalue weighted by molar-refractivity contribution is 6.03. The molecule has 130 valence electrons. The van der Waals surface area contributed by atoms with Crippen molar-refractivity contribution in [1.29, 1.82) is 0 Å². The average Bonchev–Trinajstić information content (AvgIpc) is 2.64. The number of benzene rings is 2. The molecule has 2 aromatic carbocycles. The Balaban J connectivity index is 1.76. The van der Waals surface area contributed by atoms with Crippen LogP contribution in [0.25, 0.3) is 0 Å². The molecule has 0 N–H and O–H groups in total. The van der Waals surface area contributed by atoms with Crippen LogP contribution in [0.4, 0.5) is 5.69 Å². The maximum atomic E-state index is 12.8. The lowest BCUT2D eigenvalue weighted by atomic mass is 10.1. The zero-order valence-electron chi connectivity index (χ0n) is 15.0. The number of nitrogens with zero attached hydrogens (tertiary/aromatic N) is 2. The van der Waals surface area contributed by atoms with E-state index in [2.05, 4.69) is 19.1 Å². The van der Waals surface area contributed by atoms with Gasteiger partial charge in [-0.1, -0.05) is 36.8 Å². The van der Waals surface area contributed by atoms with Gasteiger partial charge in [0.2, 0.25) is 5.91 Å². The van der Waals surface area contributed by atoms with Crippen molar-refractivity contribution in [3.63, 3.8) is 0 Å². The largest absolute Gasteiger partial charge is 0.325 e. The summed E-state index contributed by atoms with van der Waals surface area (Å²) in [6.07, 6.45) is 0.976. The molecule has 2 aromatic rings. The van der Waals surface area contributed by atoms with E-state index in [0.29, 0.717) is 18.7 Å².